The molecular weight excluding hydrogens is 600 g/mol. The van der Waals surface area contributed by atoms with Crippen LogP contribution in [0.2, 0.25) is 0 Å². The summed E-state index contributed by atoms with van der Waals surface area (Å²) >= 11 is 0. The summed E-state index contributed by atoms with van der Waals surface area (Å²) in [4.78, 5) is 60.2. The van der Waals surface area contributed by atoms with Gasteiger partial charge in [-0.1, -0.05) is 52.0 Å². The van der Waals surface area contributed by atoms with E-state index in [1.165, 1.54) is 12.5 Å². The largest absolute Gasteiger partial charge is 0.462 e. The van der Waals surface area contributed by atoms with E-state index in [0.717, 1.165) is 77.0 Å². The minimum absolute atomic E-state index is 0.00963. The SMILES string of the molecule is CCCC(=O)OCC(COC(C)=O)OC(=O)CCCCCCCCC(=O)O[C@H]1CC[C@H]2[C@@H]3CCC4=CC(=O)CC[C@]4(C)[C@H]3CC[C@]12C. The molecule has 264 valence electrons. The van der Waals surface area contributed by atoms with Crippen molar-refractivity contribution in [3.05, 3.63) is 11.6 Å². The Hall–Kier alpha value is -2.71. The first-order valence-corrected chi connectivity index (χ1v) is 18.4. The Kier molecular flexibility index (Phi) is 13.5. The number of hydrogen-bond donors (Lipinski definition) is 0. The summed E-state index contributed by atoms with van der Waals surface area (Å²) in [5.41, 5.74) is 1.61. The Morgan fingerprint density at radius 1 is 0.787 bits per heavy atom. The van der Waals surface area contributed by atoms with Crippen LogP contribution in [-0.2, 0) is 42.9 Å². The van der Waals surface area contributed by atoms with Gasteiger partial charge in [0.2, 0.25) is 0 Å². The molecule has 0 aromatic rings. The van der Waals surface area contributed by atoms with Crippen molar-refractivity contribution >= 4 is 29.7 Å². The Bertz CT molecular complexity index is 1160. The van der Waals surface area contributed by atoms with Crippen molar-refractivity contribution < 1.29 is 42.9 Å². The molecule has 4 aliphatic carbocycles. The molecule has 0 aromatic carbocycles. The lowest BCUT2D eigenvalue weighted by atomic mass is 9.47. The topological polar surface area (TPSA) is 122 Å². The molecular formula is C38H58O9. The minimum atomic E-state index is -0.814. The van der Waals surface area contributed by atoms with Crippen LogP contribution in [0.3, 0.4) is 0 Å². The molecule has 1 unspecified atom stereocenters. The third-order valence-corrected chi connectivity index (χ3v) is 11.8. The Balaban J connectivity index is 1.09. The molecule has 0 radical (unpaired) electrons. The summed E-state index contributed by atoms with van der Waals surface area (Å²) in [5.74, 6) is 0.847. The van der Waals surface area contributed by atoms with Gasteiger partial charge in [0.15, 0.2) is 11.9 Å². The van der Waals surface area contributed by atoms with Crippen LogP contribution in [0.5, 0.6) is 0 Å². The summed E-state index contributed by atoms with van der Waals surface area (Å²) in [6.07, 6.45) is 16.3. The lowest BCUT2D eigenvalue weighted by Gasteiger charge is -2.57. The van der Waals surface area contributed by atoms with E-state index in [4.69, 9.17) is 18.9 Å². The number of ether oxygens (including phenoxy) is 4. The average Bonchev–Trinajstić information content (AvgIpc) is 3.35. The zero-order valence-electron chi connectivity index (χ0n) is 29.3. The van der Waals surface area contributed by atoms with E-state index in [1.54, 1.807) is 0 Å². The molecule has 0 aliphatic heterocycles. The second kappa shape index (κ2) is 17.1. The predicted octanol–water partition coefficient (Wildman–Crippen LogP) is 7.37. The maximum atomic E-state index is 12.9. The molecule has 7 atom stereocenters. The normalized spacial score (nSPS) is 30.2. The van der Waals surface area contributed by atoms with E-state index in [1.807, 2.05) is 13.0 Å². The first-order valence-electron chi connectivity index (χ1n) is 18.4. The van der Waals surface area contributed by atoms with Crippen molar-refractivity contribution in [1.82, 2.24) is 0 Å². The molecule has 4 rings (SSSR count). The van der Waals surface area contributed by atoms with Gasteiger partial charge in [-0.05, 0) is 93.5 Å². The quantitative estimate of drug-likeness (QED) is 0.0895. The van der Waals surface area contributed by atoms with Gasteiger partial charge in [-0.25, -0.2) is 0 Å². The first-order chi connectivity index (χ1) is 22.5. The summed E-state index contributed by atoms with van der Waals surface area (Å²) in [5, 5.41) is 0. The molecule has 9 nitrogen and oxygen atoms in total. The van der Waals surface area contributed by atoms with Crippen molar-refractivity contribution in [2.75, 3.05) is 13.2 Å². The number of carbonyl (C=O) groups excluding carboxylic acids is 5. The lowest BCUT2D eigenvalue weighted by molar-refractivity contribution is -0.166. The van der Waals surface area contributed by atoms with E-state index < -0.39 is 18.0 Å². The highest BCUT2D eigenvalue weighted by Gasteiger charge is 2.60. The Labute approximate surface area is 281 Å². The third-order valence-electron chi connectivity index (χ3n) is 11.8. The van der Waals surface area contributed by atoms with E-state index >= 15 is 0 Å². The first kappa shape index (κ1) is 37.1. The van der Waals surface area contributed by atoms with Crippen molar-refractivity contribution in [3.63, 3.8) is 0 Å². The zero-order valence-corrected chi connectivity index (χ0v) is 29.3. The van der Waals surface area contributed by atoms with Gasteiger partial charge < -0.3 is 18.9 Å². The molecule has 0 N–H and O–H groups in total. The van der Waals surface area contributed by atoms with Crippen LogP contribution in [0.15, 0.2) is 11.6 Å². The average molecular weight is 659 g/mol. The number of esters is 4. The van der Waals surface area contributed by atoms with Gasteiger partial charge >= 0.3 is 23.9 Å². The van der Waals surface area contributed by atoms with Crippen molar-refractivity contribution in [2.45, 2.75) is 155 Å². The van der Waals surface area contributed by atoms with Crippen LogP contribution >= 0.6 is 0 Å². The van der Waals surface area contributed by atoms with Gasteiger partial charge in [-0.3, -0.25) is 24.0 Å². The molecule has 0 spiro atoms. The molecule has 0 bridgehead atoms. The number of rotatable bonds is 17. The van der Waals surface area contributed by atoms with Crippen LogP contribution in [0.4, 0.5) is 0 Å². The highest BCUT2D eigenvalue weighted by Crippen LogP contribution is 2.65. The standard InChI is InChI=1S/C38H58O9/c1-5-12-34(41)45-25-29(24-44-26(2)39)46-35(42)13-10-8-6-7-9-11-14-36(43)47-33-18-17-31-30-16-15-27-23-28(40)19-21-37(27,3)32(30)20-22-38(31,33)4/h23,29-33H,5-22,24-25H2,1-4H3/t29?,30-,31-,32-,33-,37-,38-/m0/s1. The molecule has 0 saturated heterocycles. The maximum absolute atomic E-state index is 12.9. The van der Waals surface area contributed by atoms with Gasteiger partial charge in [0, 0.05) is 38.0 Å². The fourth-order valence-electron chi connectivity index (χ4n) is 9.20. The van der Waals surface area contributed by atoms with Crippen LogP contribution in [0.1, 0.15) is 143 Å². The van der Waals surface area contributed by atoms with E-state index in [2.05, 4.69) is 13.8 Å². The molecule has 0 aromatic heterocycles. The van der Waals surface area contributed by atoms with Crippen molar-refractivity contribution in [1.29, 1.82) is 0 Å². The predicted molar refractivity (Wildman–Crippen MR) is 176 cm³/mol. The lowest BCUT2D eigenvalue weighted by Crippen LogP contribution is -2.51. The van der Waals surface area contributed by atoms with Crippen molar-refractivity contribution in [2.24, 2.45) is 28.6 Å². The van der Waals surface area contributed by atoms with Gasteiger partial charge in [0.25, 0.3) is 0 Å². The Morgan fingerprint density at radius 3 is 2.17 bits per heavy atom. The number of unbranched alkanes of at least 4 members (excludes halogenated alkanes) is 5. The van der Waals surface area contributed by atoms with Crippen LogP contribution < -0.4 is 0 Å². The van der Waals surface area contributed by atoms with Crippen LogP contribution in [-0.4, -0.2) is 55.1 Å². The number of carbonyl (C=O) groups is 5. The van der Waals surface area contributed by atoms with Crippen LogP contribution in [0, 0.1) is 28.6 Å². The fourth-order valence-corrected chi connectivity index (χ4v) is 9.20. The molecule has 3 saturated carbocycles. The number of allylic oxidation sites excluding steroid dienone is 1. The Morgan fingerprint density at radius 2 is 1.47 bits per heavy atom. The highest BCUT2D eigenvalue weighted by molar-refractivity contribution is 5.91. The summed E-state index contributed by atoms with van der Waals surface area (Å²) in [7, 11) is 0. The van der Waals surface area contributed by atoms with Crippen molar-refractivity contribution in [3.8, 4) is 0 Å². The second-order valence-electron chi connectivity index (χ2n) is 15.0. The molecule has 0 amide bonds. The molecule has 47 heavy (non-hydrogen) atoms. The molecule has 3 fully saturated rings. The monoisotopic (exact) mass is 658 g/mol. The third kappa shape index (κ3) is 9.69. The summed E-state index contributed by atoms with van der Waals surface area (Å²) in [6, 6.07) is 0. The number of hydrogen-bond acceptors (Lipinski definition) is 9. The summed E-state index contributed by atoms with van der Waals surface area (Å²) in [6.45, 7) is 7.64. The van der Waals surface area contributed by atoms with Gasteiger partial charge in [-0.15, -0.1) is 0 Å². The van der Waals surface area contributed by atoms with Gasteiger partial charge in [-0.2, -0.15) is 0 Å². The maximum Gasteiger partial charge on any atom is 0.306 e. The summed E-state index contributed by atoms with van der Waals surface area (Å²) < 4.78 is 21.7. The van der Waals surface area contributed by atoms with Gasteiger partial charge in [0.1, 0.15) is 19.3 Å². The smallest absolute Gasteiger partial charge is 0.306 e. The van der Waals surface area contributed by atoms with Gasteiger partial charge in [0.05, 0.1) is 0 Å². The highest BCUT2D eigenvalue weighted by atomic mass is 16.6. The number of ketones is 1. The van der Waals surface area contributed by atoms with E-state index in [9.17, 15) is 24.0 Å². The molecule has 9 heteroatoms. The number of fused-ring (bicyclic) bond motifs is 5. The minimum Gasteiger partial charge on any atom is -0.462 e. The molecule has 4 aliphatic rings. The second-order valence-corrected chi connectivity index (χ2v) is 15.0. The van der Waals surface area contributed by atoms with E-state index in [0.29, 0.717) is 49.2 Å². The van der Waals surface area contributed by atoms with E-state index in [-0.39, 0.29) is 54.9 Å². The van der Waals surface area contributed by atoms with Crippen LogP contribution in [0.25, 0.3) is 0 Å². The molecule has 0 heterocycles. The fraction of sp³-hybridized carbons (Fsp3) is 0.816. The zero-order chi connectivity index (χ0) is 34.0.